The topological polar surface area (TPSA) is 94.2 Å². The van der Waals surface area contributed by atoms with Crippen molar-refractivity contribution in [1.29, 1.82) is 0 Å². The smallest absolute Gasteiger partial charge is 0.248 e. The van der Waals surface area contributed by atoms with Gasteiger partial charge in [-0.3, -0.25) is 9.10 Å². The molecule has 3 rings (SSSR count). The van der Waals surface area contributed by atoms with E-state index in [-0.39, 0.29) is 6.42 Å². The molecule has 0 saturated heterocycles. The van der Waals surface area contributed by atoms with E-state index in [1.807, 2.05) is 6.92 Å². The van der Waals surface area contributed by atoms with Gasteiger partial charge in [-0.05, 0) is 49.7 Å². The molecule has 1 amide bonds. The van der Waals surface area contributed by atoms with Gasteiger partial charge in [-0.2, -0.15) is 0 Å². The molecule has 0 aliphatic carbocycles. The Morgan fingerprint density at radius 1 is 1.10 bits per heavy atom. The zero-order chi connectivity index (χ0) is 21.7. The lowest BCUT2D eigenvalue weighted by atomic mass is 10.1. The Bertz CT molecular complexity index is 991. The Morgan fingerprint density at radius 2 is 1.77 bits per heavy atom. The molecule has 2 aromatic rings. The average Bonchev–Trinajstić information content (AvgIpc) is 2.72. The molecule has 162 valence electrons. The van der Waals surface area contributed by atoms with Crippen molar-refractivity contribution in [2.24, 2.45) is 0 Å². The van der Waals surface area contributed by atoms with Crippen molar-refractivity contribution in [2.75, 3.05) is 35.7 Å². The summed E-state index contributed by atoms with van der Waals surface area (Å²) in [6, 6.07) is 10.8. The molecule has 1 unspecified atom stereocenters. The summed E-state index contributed by atoms with van der Waals surface area (Å²) in [7, 11) is -3.72. The van der Waals surface area contributed by atoms with E-state index in [1.165, 1.54) is 0 Å². The Balaban J connectivity index is 1.85. The molecule has 0 spiro atoms. The number of sulfonamides is 1. The molecular weight excluding hydrogens is 408 g/mol. The molecule has 1 heterocycles. The zero-order valence-corrected chi connectivity index (χ0v) is 18.1. The minimum Gasteiger partial charge on any atom is -0.494 e. The summed E-state index contributed by atoms with van der Waals surface area (Å²) in [6.45, 7) is 5.04. The summed E-state index contributed by atoms with van der Waals surface area (Å²) in [5.41, 5.74) is 0.896. The fraction of sp³-hybridized carbons (Fsp3) is 0.381. The molecule has 0 bridgehead atoms. The van der Waals surface area contributed by atoms with Crippen LogP contribution >= 0.6 is 0 Å². The van der Waals surface area contributed by atoms with E-state index in [4.69, 9.17) is 14.2 Å². The van der Waals surface area contributed by atoms with E-state index in [0.717, 1.165) is 10.6 Å². The normalized spacial score (nSPS) is 14.0. The molecule has 0 fully saturated rings. The highest BCUT2D eigenvalue weighted by Crippen LogP contribution is 2.33. The van der Waals surface area contributed by atoms with Crippen molar-refractivity contribution in [3.8, 4) is 17.2 Å². The number of ether oxygens (including phenoxy) is 3. The van der Waals surface area contributed by atoms with Gasteiger partial charge in [0.05, 0.1) is 18.6 Å². The number of anilines is 2. The molecule has 1 N–H and O–H groups in total. The van der Waals surface area contributed by atoms with Gasteiger partial charge in [-0.1, -0.05) is 6.92 Å². The number of carbonyl (C=O) groups is 1. The monoisotopic (exact) mass is 434 g/mol. The van der Waals surface area contributed by atoms with Gasteiger partial charge >= 0.3 is 0 Å². The van der Waals surface area contributed by atoms with Crippen LogP contribution in [-0.4, -0.2) is 46.4 Å². The summed E-state index contributed by atoms with van der Waals surface area (Å²) in [5, 5.41) is 2.79. The van der Waals surface area contributed by atoms with Gasteiger partial charge in [0.25, 0.3) is 0 Å². The number of nitrogens with zero attached hydrogens (tertiary/aromatic N) is 1. The van der Waals surface area contributed by atoms with E-state index >= 15 is 0 Å². The summed E-state index contributed by atoms with van der Waals surface area (Å²) in [5.74, 6) is 1.34. The highest BCUT2D eigenvalue weighted by Gasteiger charge is 2.31. The standard InChI is InChI=1S/C21H26N2O6S/c1-4-18(21(24)22-15-6-11-19-20(14-15)29-13-12-28-19)23(30(3,25)26)16-7-9-17(10-8-16)27-5-2/h6-11,14,18H,4-5,12-13H2,1-3H3,(H,22,24). The second-order valence-corrected chi connectivity index (χ2v) is 8.62. The van der Waals surface area contributed by atoms with Gasteiger partial charge in [-0.15, -0.1) is 0 Å². The summed E-state index contributed by atoms with van der Waals surface area (Å²) in [6.07, 6.45) is 1.38. The van der Waals surface area contributed by atoms with Crippen LogP contribution in [0.4, 0.5) is 11.4 Å². The van der Waals surface area contributed by atoms with Crippen LogP contribution in [0.25, 0.3) is 0 Å². The third-order valence-corrected chi connectivity index (χ3v) is 5.72. The lowest BCUT2D eigenvalue weighted by molar-refractivity contribution is -0.117. The Kier molecular flexibility index (Phi) is 6.71. The molecule has 2 aromatic carbocycles. The third kappa shape index (κ3) is 4.96. The molecule has 0 radical (unpaired) electrons. The van der Waals surface area contributed by atoms with Crippen molar-refractivity contribution in [3.63, 3.8) is 0 Å². The highest BCUT2D eigenvalue weighted by atomic mass is 32.2. The number of nitrogens with one attached hydrogen (secondary N) is 1. The Morgan fingerprint density at radius 3 is 2.37 bits per heavy atom. The maximum atomic E-state index is 13.0. The first-order valence-corrected chi connectivity index (χ1v) is 11.6. The van der Waals surface area contributed by atoms with Crippen molar-refractivity contribution in [3.05, 3.63) is 42.5 Å². The minimum atomic E-state index is -3.72. The lowest BCUT2D eigenvalue weighted by Gasteiger charge is -2.30. The highest BCUT2D eigenvalue weighted by molar-refractivity contribution is 7.92. The van der Waals surface area contributed by atoms with Gasteiger partial charge in [0.15, 0.2) is 11.5 Å². The molecule has 8 nitrogen and oxygen atoms in total. The first-order valence-electron chi connectivity index (χ1n) is 9.76. The van der Waals surface area contributed by atoms with Crippen LogP contribution in [0.15, 0.2) is 42.5 Å². The van der Waals surface area contributed by atoms with Crippen molar-refractivity contribution >= 4 is 27.3 Å². The lowest BCUT2D eigenvalue weighted by Crippen LogP contribution is -2.47. The molecule has 0 saturated carbocycles. The zero-order valence-electron chi connectivity index (χ0n) is 17.3. The van der Waals surface area contributed by atoms with Gasteiger partial charge in [0, 0.05) is 11.8 Å². The maximum Gasteiger partial charge on any atom is 0.248 e. The van der Waals surface area contributed by atoms with E-state index in [9.17, 15) is 13.2 Å². The van der Waals surface area contributed by atoms with Crippen molar-refractivity contribution in [1.82, 2.24) is 0 Å². The predicted molar refractivity (Wildman–Crippen MR) is 115 cm³/mol. The van der Waals surface area contributed by atoms with Crippen LogP contribution in [0, 0.1) is 0 Å². The second-order valence-electron chi connectivity index (χ2n) is 6.76. The van der Waals surface area contributed by atoms with Crippen molar-refractivity contribution in [2.45, 2.75) is 26.3 Å². The van der Waals surface area contributed by atoms with Crippen LogP contribution in [0.5, 0.6) is 17.2 Å². The fourth-order valence-electron chi connectivity index (χ4n) is 3.26. The number of benzene rings is 2. The van der Waals surface area contributed by atoms with Crippen molar-refractivity contribution < 1.29 is 27.4 Å². The largest absolute Gasteiger partial charge is 0.494 e. The van der Waals surface area contributed by atoms with Gasteiger partial charge in [0.1, 0.15) is 25.0 Å². The first kappa shape index (κ1) is 21.8. The molecular formula is C21H26N2O6S. The van der Waals surface area contributed by atoms with Crippen LogP contribution in [-0.2, 0) is 14.8 Å². The SMILES string of the molecule is CCOc1ccc(N(C(CC)C(=O)Nc2ccc3c(c2)OCCO3)S(C)(=O)=O)cc1. The summed E-state index contributed by atoms with van der Waals surface area (Å²) >= 11 is 0. The van der Waals surface area contributed by atoms with Crippen LogP contribution in [0.1, 0.15) is 20.3 Å². The van der Waals surface area contributed by atoms with Gasteiger partial charge in [0.2, 0.25) is 15.9 Å². The molecule has 0 aromatic heterocycles. The molecule has 1 aliphatic heterocycles. The van der Waals surface area contributed by atoms with E-state index < -0.39 is 22.0 Å². The maximum absolute atomic E-state index is 13.0. The Hall–Kier alpha value is -2.94. The van der Waals surface area contributed by atoms with Gasteiger partial charge < -0.3 is 19.5 Å². The van der Waals surface area contributed by atoms with E-state index in [2.05, 4.69) is 5.32 Å². The first-order chi connectivity index (χ1) is 14.3. The molecule has 1 atom stereocenters. The molecule has 9 heteroatoms. The third-order valence-electron chi connectivity index (χ3n) is 4.54. The fourth-order valence-corrected chi connectivity index (χ4v) is 4.47. The summed E-state index contributed by atoms with van der Waals surface area (Å²) in [4.78, 5) is 13.0. The molecule has 30 heavy (non-hydrogen) atoms. The predicted octanol–water partition coefficient (Wildman–Crippen LogP) is 3.04. The number of amides is 1. The average molecular weight is 435 g/mol. The number of carbonyl (C=O) groups excluding carboxylic acids is 1. The van der Waals surface area contributed by atoms with E-state index in [1.54, 1.807) is 49.4 Å². The minimum absolute atomic E-state index is 0.288. The summed E-state index contributed by atoms with van der Waals surface area (Å²) < 4.78 is 42.7. The van der Waals surface area contributed by atoms with Crippen LogP contribution in [0.2, 0.25) is 0 Å². The molecule has 1 aliphatic rings. The van der Waals surface area contributed by atoms with Crippen LogP contribution in [0.3, 0.4) is 0 Å². The van der Waals surface area contributed by atoms with E-state index in [0.29, 0.717) is 48.4 Å². The second kappa shape index (κ2) is 9.25. The number of hydrogen-bond acceptors (Lipinski definition) is 6. The van der Waals surface area contributed by atoms with Gasteiger partial charge in [-0.25, -0.2) is 8.42 Å². The Labute approximate surface area is 176 Å². The number of rotatable bonds is 8. The quantitative estimate of drug-likeness (QED) is 0.686. The number of fused-ring (bicyclic) bond motifs is 1. The van der Waals surface area contributed by atoms with Crippen LogP contribution < -0.4 is 23.8 Å². The number of hydrogen-bond donors (Lipinski definition) is 1.